The SMILES string of the molecule is Cc1ccc([C@@]2(C)NC(=O)N(C[C@@H](O)COCc3ccc4c(c3)OCO4)C2=O)cc1. The maximum Gasteiger partial charge on any atom is 0.325 e. The number of nitrogens with zero attached hydrogens (tertiary/aromatic N) is 1. The summed E-state index contributed by atoms with van der Waals surface area (Å²) in [6, 6.07) is 12.4. The first-order valence-corrected chi connectivity index (χ1v) is 9.72. The standard InChI is InChI=1S/C22H24N2O6/c1-14-3-6-16(7-4-14)22(2)20(26)24(21(27)23-22)10-17(25)12-28-11-15-5-8-18-19(9-15)30-13-29-18/h3-9,17,25H,10-13H2,1-2H3,(H,23,27)/t17-,22-/m1/s1. The van der Waals surface area contributed by atoms with Crippen LogP contribution in [0, 0.1) is 6.92 Å². The van der Waals surface area contributed by atoms with Crippen molar-refractivity contribution in [3.63, 3.8) is 0 Å². The van der Waals surface area contributed by atoms with E-state index in [2.05, 4.69) is 5.32 Å². The van der Waals surface area contributed by atoms with Crippen LogP contribution in [0.2, 0.25) is 0 Å². The Kier molecular flexibility index (Phi) is 5.36. The third kappa shape index (κ3) is 3.83. The maximum absolute atomic E-state index is 12.9. The van der Waals surface area contributed by atoms with Crippen molar-refractivity contribution in [1.82, 2.24) is 10.2 Å². The summed E-state index contributed by atoms with van der Waals surface area (Å²) >= 11 is 0. The topological polar surface area (TPSA) is 97.3 Å². The number of hydrogen-bond donors (Lipinski definition) is 2. The van der Waals surface area contributed by atoms with Crippen molar-refractivity contribution in [2.75, 3.05) is 19.9 Å². The van der Waals surface area contributed by atoms with E-state index in [1.54, 1.807) is 13.0 Å². The van der Waals surface area contributed by atoms with Gasteiger partial charge in [-0.15, -0.1) is 0 Å². The van der Waals surface area contributed by atoms with E-state index in [1.807, 2.05) is 43.3 Å². The monoisotopic (exact) mass is 412 g/mol. The van der Waals surface area contributed by atoms with Crippen molar-refractivity contribution >= 4 is 11.9 Å². The summed E-state index contributed by atoms with van der Waals surface area (Å²) in [6.45, 7) is 3.91. The molecule has 2 aliphatic rings. The zero-order valence-corrected chi connectivity index (χ0v) is 16.9. The van der Waals surface area contributed by atoms with Gasteiger partial charge in [-0.25, -0.2) is 4.79 Å². The quantitative estimate of drug-likeness (QED) is 0.676. The summed E-state index contributed by atoms with van der Waals surface area (Å²) in [5, 5.41) is 13.0. The van der Waals surface area contributed by atoms with Crippen molar-refractivity contribution in [2.45, 2.75) is 32.1 Å². The summed E-state index contributed by atoms with van der Waals surface area (Å²) < 4.78 is 16.1. The fourth-order valence-corrected chi connectivity index (χ4v) is 3.55. The average molecular weight is 412 g/mol. The molecule has 2 aromatic rings. The summed E-state index contributed by atoms with van der Waals surface area (Å²) in [5.41, 5.74) is 1.47. The number of rotatable bonds is 7. The summed E-state index contributed by atoms with van der Waals surface area (Å²) in [5.74, 6) is 0.950. The molecular weight excluding hydrogens is 388 g/mol. The van der Waals surface area contributed by atoms with Crippen LogP contribution in [-0.2, 0) is 21.7 Å². The Morgan fingerprint density at radius 2 is 1.90 bits per heavy atom. The number of fused-ring (bicyclic) bond motifs is 1. The third-order valence-corrected chi connectivity index (χ3v) is 5.31. The molecule has 0 radical (unpaired) electrons. The van der Waals surface area contributed by atoms with Crippen LogP contribution in [0.15, 0.2) is 42.5 Å². The van der Waals surface area contributed by atoms with E-state index in [1.165, 1.54) is 0 Å². The highest BCUT2D eigenvalue weighted by molar-refractivity contribution is 6.07. The first-order valence-electron chi connectivity index (χ1n) is 9.72. The van der Waals surface area contributed by atoms with E-state index in [4.69, 9.17) is 14.2 Å². The molecule has 158 valence electrons. The highest BCUT2D eigenvalue weighted by Gasteiger charge is 2.49. The Morgan fingerprint density at radius 3 is 2.67 bits per heavy atom. The molecular formula is C22H24N2O6. The molecule has 3 amide bonds. The van der Waals surface area contributed by atoms with Gasteiger partial charge in [-0.3, -0.25) is 9.69 Å². The van der Waals surface area contributed by atoms with Crippen molar-refractivity contribution in [1.29, 1.82) is 0 Å². The molecule has 2 N–H and O–H groups in total. The Bertz CT molecular complexity index is 961. The molecule has 0 aromatic heterocycles. The lowest BCUT2D eigenvalue weighted by Crippen LogP contribution is -2.42. The van der Waals surface area contributed by atoms with Gasteiger partial charge in [0.15, 0.2) is 11.5 Å². The summed E-state index contributed by atoms with van der Waals surface area (Å²) in [6.07, 6.45) is -1.01. The second kappa shape index (κ2) is 7.97. The Labute approximate surface area is 174 Å². The zero-order valence-electron chi connectivity index (χ0n) is 16.9. The molecule has 2 atom stereocenters. The zero-order chi connectivity index (χ0) is 21.3. The molecule has 0 saturated carbocycles. The van der Waals surface area contributed by atoms with Crippen molar-refractivity contribution < 1.29 is 28.9 Å². The molecule has 1 fully saturated rings. The van der Waals surface area contributed by atoms with Crippen LogP contribution in [0.3, 0.4) is 0 Å². The molecule has 1 saturated heterocycles. The lowest BCUT2D eigenvalue weighted by Gasteiger charge is -2.23. The van der Waals surface area contributed by atoms with E-state index in [0.717, 1.165) is 16.0 Å². The Balaban J connectivity index is 1.32. The Morgan fingerprint density at radius 1 is 1.17 bits per heavy atom. The van der Waals surface area contributed by atoms with Gasteiger partial charge in [0.1, 0.15) is 5.54 Å². The van der Waals surface area contributed by atoms with E-state index < -0.39 is 23.6 Å². The predicted molar refractivity (Wildman–Crippen MR) is 107 cm³/mol. The third-order valence-electron chi connectivity index (χ3n) is 5.31. The molecule has 8 nitrogen and oxygen atoms in total. The van der Waals surface area contributed by atoms with Gasteiger partial charge in [-0.2, -0.15) is 0 Å². The van der Waals surface area contributed by atoms with Gasteiger partial charge in [0.05, 0.1) is 25.9 Å². The molecule has 2 aromatic carbocycles. The van der Waals surface area contributed by atoms with E-state index in [0.29, 0.717) is 17.1 Å². The van der Waals surface area contributed by atoms with Crippen LogP contribution in [0.5, 0.6) is 11.5 Å². The molecule has 30 heavy (non-hydrogen) atoms. The van der Waals surface area contributed by atoms with Gasteiger partial charge >= 0.3 is 6.03 Å². The number of carbonyl (C=O) groups is 2. The first-order chi connectivity index (χ1) is 14.4. The molecule has 4 rings (SSSR count). The summed E-state index contributed by atoms with van der Waals surface area (Å²) in [4.78, 5) is 26.4. The number of hydrogen-bond acceptors (Lipinski definition) is 6. The number of ether oxygens (including phenoxy) is 3. The van der Waals surface area contributed by atoms with E-state index >= 15 is 0 Å². The molecule has 0 unspecified atom stereocenters. The number of aliphatic hydroxyl groups is 1. The minimum atomic E-state index is -1.15. The van der Waals surface area contributed by atoms with Gasteiger partial charge in [0, 0.05) is 0 Å². The second-order valence-corrected chi connectivity index (χ2v) is 7.69. The fraction of sp³-hybridized carbons (Fsp3) is 0.364. The molecule has 8 heteroatoms. The minimum absolute atomic E-state index is 0.0211. The van der Waals surface area contributed by atoms with Gasteiger partial charge in [0.2, 0.25) is 6.79 Å². The first kappa shape index (κ1) is 20.2. The van der Waals surface area contributed by atoms with E-state index in [9.17, 15) is 14.7 Å². The molecule has 0 bridgehead atoms. The van der Waals surface area contributed by atoms with Crippen LogP contribution < -0.4 is 14.8 Å². The average Bonchev–Trinajstić information content (AvgIpc) is 3.27. The lowest BCUT2D eigenvalue weighted by molar-refractivity contribution is -0.132. The number of nitrogens with one attached hydrogen (secondary N) is 1. The summed E-state index contributed by atoms with van der Waals surface area (Å²) in [7, 11) is 0. The number of carbonyl (C=O) groups excluding carboxylic acids is 2. The minimum Gasteiger partial charge on any atom is -0.454 e. The molecule has 0 aliphatic carbocycles. The smallest absolute Gasteiger partial charge is 0.325 e. The molecule has 2 heterocycles. The highest BCUT2D eigenvalue weighted by atomic mass is 16.7. The van der Waals surface area contributed by atoms with Crippen LogP contribution in [0.4, 0.5) is 4.79 Å². The van der Waals surface area contributed by atoms with E-state index in [-0.39, 0.29) is 26.6 Å². The Hall–Kier alpha value is -3.10. The number of imide groups is 1. The van der Waals surface area contributed by atoms with Crippen LogP contribution >= 0.6 is 0 Å². The van der Waals surface area contributed by atoms with Crippen molar-refractivity contribution in [3.05, 3.63) is 59.2 Å². The van der Waals surface area contributed by atoms with Gasteiger partial charge < -0.3 is 24.6 Å². The van der Waals surface area contributed by atoms with Crippen molar-refractivity contribution in [3.8, 4) is 11.5 Å². The van der Waals surface area contributed by atoms with Crippen LogP contribution in [-0.4, -0.2) is 48.0 Å². The molecule has 2 aliphatic heterocycles. The number of β-amino-alcohol motifs (C(OH)–C–C–N with tert-alkyl or cyclic N) is 1. The van der Waals surface area contributed by atoms with Crippen LogP contribution in [0.1, 0.15) is 23.6 Å². The van der Waals surface area contributed by atoms with Crippen molar-refractivity contribution in [2.24, 2.45) is 0 Å². The fourth-order valence-electron chi connectivity index (χ4n) is 3.55. The van der Waals surface area contributed by atoms with Gasteiger partial charge in [-0.1, -0.05) is 35.9 Å². The number of amides is 3. The molecule has 0 spiro atoms. The predicted octanol–water partition coefficient (Wildman–Crippen LogP) is 2.07. The lowest BCUT2D eigenvalue weighted by atomic mass is 9.91. The highest BCUT2D eigenvalue weighted by Crippen LogP contribution is 2.33. The largest absolute Gasteiger partial charge is 0.454 e. The second-order valence-electron chi connectivity index (χ2n) is 7.69. The normalized spacial score (nSPS) is 21.1. The number of benzene rings is 2. The maximum atomic E-state index is 12.9. The number of urea groups is 1. The van der Waals surface area contributed by atoms with Gasteiger partial charge in [-0.05, 0) is 37.1 Å². The van der Waals surface area contributed by atoms with Gasteiger partial charge in [0.25, 0.3) is 5.91 Å². The van der Waals surface area contributed by atoms with Crippen LogP contribution in [0.25, 0.3) is 0 Å². The number of aliphatic hydroxyl groups excluding tert-OH is 1. The number of aryl methyl sites for hydroxylation is 1.